The lowest BCUT2D eigenvalue weighted by Crippen LogP contribution is -2.31. The number of halogens is 1. The Kier molecular flexibility index (Phi) is 3.04. The summed E-state index contributed by atoms with van der Waals surface area (Å²) in [5.41, 5.74) is 1.30. The van der Waals surface area contributed by atoms with E-state index in [0.717, 1.165) is 4.47 Å². The molecule has 16 heavy (non-hydrogen) atoms. The number of nitrogens with zero attached hydrogens (tertiary/aromatic N) is 1. The topological polar surface area (TPSA) is 40.5 Å². The number of hydrogen-bond donors (Lipinski definition) is 1. The average molecular weight is 284 g/mol. The van der Waals surface area contributed by atoms with Gasteiger partial charge in [0, 0.05) is 22.1 Å². The van der Waals surface area contributed by atoms with Gasteiger partial charge >= 0.3 is 0 Å². The minimum atomic E-state index is -0.803. The molecule has 0 aromatic heterocycles. The minimum Gasteiger partial charge on any atom is -0.369 e. The zero-order valence-corrected chi connectivity index (χ0v) is 10.9. The summed E-state index contributed by atoms with van der Waals surface area (Å²) >= 11 is 3.34. The molecular weight excluding hydrogens is 270 g/mol. The van der Waals surface area contributed by atoms with Crippen LogP contribution in [0.1, 0.15) is 36.0 Å². The molecule has 1 aliphatic heterocycles. The Labute approximate surface area is 103 Å². The third kappa shape index (κ3) is 1.87. The van der Waals surface area contributed by atoms with Crippen LogP contribution in [0, 0.1) is 5.92 Å². The summed E-state index contributed by atoms with van der Waals surface area (Å²) in [4.78, 5) is 13.5. The molecule has 1 N–H and O–H groups in total. The number of aliphatic hydroxyl groups is 1. The van der Waals surface area contributed by atoms with Crippen molar-refractivity contribution in [3.63, 3.8) is 0 Å². The summed E-state index contributed by atoms with van der Waals surface area (Å²) in [6, 6.07) is 5.38. The lowest BCUT2D eigenvalue weighted by Gasteiger charge is -2.22. The molecule has 1 aromatic rings. The van der Waals surface area contributed by atoms with Gasteiger partial charge in [0.15, 0.2) is 6.23 Å². The van der Waals surface area contributed by atoms with E-state index in [-0.39, 0.29) is 5.91 Å². The van der Waals surface area contributed by atoms with Gasteiger partial charge in [0.1, 0.15) is 0 Å². The fourth-order valence-corrected chi connectivity index (χ4v) is 2.33. The second-order valence-electron chi connectivity index (χ2n) is 4.46. The van der Waals surface area contributed by atoms with Crippen molar-refractivity contribution in [1.29, 1.82) is 0 Å². The molecule has 4 heteroatoms. The number of amides is 1. The lowest BCUT2D eigenvalue weighted by atomic mass is 10.1. The highest BCUT2D eigenvalue weighted by Gasteiger charge is 2.35. The Morgan fingerprint density at radius 1 is 1.50 bits per heavy atom. The highest BCUT2D eigenvalue weighted by molar-refractivity contribution is 9.10. The number of carbonyl (C=O) groups excluding carboxylic acids is 1. The van der Waals surface area contributed by atoms with Crippen LogP contribution in [0.4, 0.5) is 0 Å². The molecule has 0 radical (unpaired) electrons. The maximum absolute atomic E-state index is 12.0. The molecule has 0 fully saturated rings. The van der Waals surface area contributed by atoms with Gasteiger partial charge in [-0.05, 0) is 24.1 Å². The van der Waals surface area contributed by atoms with Crippen LogP contribution in [-0.2, 0) is 0 Å². The largest absolute Gasteiger partial charge is 0.369 e. The molecule has 1 aromatic carbocycles. The van der Waals surface area contributed by atoms with Gasteiger partial charge < -0.3 is 10.0 Å². The molecule has 0 saturated carbocycles. The fourth-order valence-electron chi connectivity index (χ4n) is 1.95. The van der Waals surface area contributed by atoms with Gasteiger partial charge in [0.2, 0.25) is 0 Å². The summed E-state index contributed by atoms with van der Waals surface area (Å²) in [5, 5.41) is 10.1. The lowest BCUT2D eigenvalue weighted by molar-refractivity contribution is 0.0127. The number of fused-ring (bicyclic) bond motifs is 1. The minimum absolute atomic E-state index is 0.0799. The van der Waals surface area contributed by atoms with Crippen LogP contribution in [-0.4, -0.2) is 22.5 Å². The predicted octanol–water partition coefficient (Wildman–Crippen LogP) is 2.55. The van der Waals surface area contributed by atoms with Gasteiger partial charge in [-0.3, -0.25) is 4.79 Å². The van der Waals surface area contributed by atoms with Gasteiger partial charge in [-0.2, -0.15) is 0 Å². The smallest absolute Gasteiger partial charge is 0.256 e. The third-order valence-corrected chi connectivity index (χ3v) is 3.13. The number of aliphatic hydroxyl groups excluding tert-OH is 1. The molecule has 0 aliphatic carbocycles. The maximum atomic E-state index is 12.0. The van der Waals surface area contributed by atoms with Gasteiger partial charge in [-0.25, -0.2) is 0 Å². The summed E-state index contributed by atoms with van der Waals surface area (Å²) in [5.74, 6) is 0.264. The van der Waals surface area contributed by atoms with E-state index in [1.165, 1.54) is 4.90 Å². The van der Waals surface area contributed by atoms with Gasteiger partial charge in [0.25, 0.3) is 5.91 Å². The second kappa shape index (κ2) is 4.18. The Balaban J connectivity index is 2.36. The zero-order chi connectivity index (χ0) is 11.9. The standard InChI is InChI=1S/C12H14BrNO2/c1-7(2)6-14-11(15)9-4-3-8(13)5-10(9)12(14)16/h3-5,7,12,16H,6H2,1-2H3. The fraction of sp³-hybridized carbons (Fsp3) is 0.417. The maximum Gasteiger partial charge on any atom is 0.256 e. The SMILES string of the molecule is CC(C)CN1C(=O)c2ccc(Br)cc2C1O. The van der Waals surface area contributed by atoms with Gasteiger partial charge in [-0.1, -0.05) is 29.8 Å². The van der Waals surface area contributed by atoms with Crippen molar-refractivity contribution in [2.45, 2.75) is 20.1 Å². The second-order valence-corrected chi connectivity index (χ2v) is 5.37. The summed E-state index contributed by atoms with van der Waals surface area (Å²) in [7, 11) is 0. The van der Waals surface area contributed by atoms with Crippen LogP contribution in [0.15, 0.2) is 22.7 Å². The monoisotopic (exact) mass is 283 g/mol. The highest BCUT2D eigenvalue weighted by Crippen LogP contribution is 2.33. The molecule has 1 unspecified atom stereocenters. The first kappa shape index (κ1) is 11.6. The van der Waals surface area contributed by atoms with Crippen LogP contribution < -0.4 is 0 Å². The van der Waals surface area contributed by atoms with E-state index in [1.54, 1.807) is 12.1 Å². The van der Waals surface area contributed by atoms with Gasteiger partial charge in [0.05, 0.1) is 0 Å². The van der Waals surface area contributed by atoms with Crippen molar-refractivity contribution in [2.75, 3.05) is 6.54 Å². The molecule has 1 atom stereocenters. The first-order valence-corrected chi connectivity index (χ1v) is 6.08. The van der Waals surface area contributed by atoms with E-state index in [0.29, 0.717) is 23.6 Å². The Bertz CT molecular complexity index is 431. The molecule has 86 valence electrons. The Hall–Kier alpha value is -0.870. The quantitative estimate of drug-likeness (QED) is 0.906. The van der Waals surface area contributed by atoms with E-state index in [4.69, 9.17) is 0 Å². The number of benzene rings is 1. The van der Waals surface area contributed by atoms with E-state index >= 15 is 0 Å². The molecule has 1 aliphatic rings. The highest BCUT2D eigenvalue weighted by atomic mass is 79.9. The van der Waals surface area contributed by atoms with Crippen molar-refractivity contribution < 1.29 is 9.90 Å². The molecule has 1 amide bonds. The predicted molar refractivity (Wildman–Crippen MR) is 65.0 cm³/mol. The molecule has 2 rings (SSSR count). The first-order valence-electron chi connectivity index (χ1n) is 5.29. The van der Waals surface area contributed by atoms with Crippen molar-refractivity contribution in [2.24, 2.45) is 5.92 Å². The van der Waals surface area contributed by atoms with E-state index < -0.39 is 6.23 Å². The summed E-state index contributed by atoms with van der Waals surface area (Å²) < 4.78 is 0.879. The molecule has 0 saturated heterocycles. The normalized spacial score (nSPS) is 19.4. The Morgan fingerprint density at radius 3 is 2.81 bits per heavy atom. The van der Waals surface area contributed by atoms with Crippen molar-refractivity contribution in [1.82, 2.24) is 4.90 Å². The van der Waals surface area contributed by atoms with Crippen LogP contribution in [0.3, 0.4) is 0 Å². The average Bonchev–Trinajstić information content (AvgIpc) is 2.43. The van der Waals surface area contributed by atoms with Crippen molar-refractivity contribution in [3.8, 4) is 0 Å². The van der Waals surface area contributed by atoms with Crippen molar-refractivity contribution >= 4 is 21.8 Å². The van der Waals surface area contributed by atoms with Gasteiger partial charge in [-0.15, -0.1) is 0 Å². The zero-order valence-electron chi connectivity index (χ0n) is 9.27. The summed E-state index contributed by atoms with van der Waals surface area (Å²) in [6.07, 6.45) is -0.803. The molecule has 3 nitrogen and oxygen atoms in total. The van der Waals surface area contributed by atoms with Crippen LogP contribution in [0.2, 0.25) is 0 Å². The van der Waals surface area contributed by atoms with Crippen LogP contribution in [0.5, 0.6) is 0 Å². The Morgan fingerprint density at radius 2 is 2.19 bits per heavy atom. The first-order chi connectivity index (χ1) is 7.50. The van der Waals surface area contributed by atoms with Crippen LogP contribution in [0.25, 0.3) is 0 Å². The van der Waals surface area contributed by atoms with E-state index in [1.807, 2.05) is 19.9 Å². The molecule has 1 heterocycles. The number of rotatable bonds is 2. The number of carbonyl (C=O) groups is 1. The number of hydrogen-bond acceptors (Lipinski definition) is 2. The van der Waals surface area contributed by atoms with Crippen LogP contribution >= 0.6 is 15.9 Å². The molecule has 0 bridgehead atoms. The van der Waals surface area contributed by atoms with E-state index in [2.05, 4.69) is 15.9 Å². The molecular formula is C12H14BrNO2. The van der Waals surface area contributed by atoms with Crippen molar-refractivity contribution in [3.05, 3.63) is 33.8 Å². The van der Waals surface area contributed by atoms with E-state index in [9.17, 15) is 9.90 Å². The summed E-state index contributed by atoms with van der Waals surface area (Å²) in [6.45, 7) is 4.63. The third-order valence-electron chi connectivity index (χ3n) is 2.64. The molecule has 0 spiro atoms.